The van der Waals surface area contributed by atoms with Crippen molar-refractivity contribution >= 4 is 23.1 Å². The van der Waals surface area contributed by atoms with E-state index in [1.165, 1.54) is 5.56 Å². The molecule has 0 aliphatic heterocycles. The van der Waals surface area contributed by atoms with Crippen LogP contribution < -0.4 is 10.6 Å². The van der Waals surface area contributed by atoms with Crippen LogP contribution in [-0.4, -0.2) is 15.2 Å². The Morgan fingerprint density at radius 1 is 0.826 bits per heavy atom. The van der Waals surface area contributed by atoms with E-state index in [1.54, 1.807) is 6.20 Å². The molecule has 0 aliphatic rings. The SMILES string of the molecule is Cc1ccc(C)c(Nc2cnnc(Nc3ccccc3C)n2)c1. The number of hydrogen-bond donors (Lipinski definition) is 2. The molecule has 0 bridgehead atoms. The number of benzene rings is 2. The van der Waals surface area contributed by atoms with E-state index in [9.17, 15) is 0 Å². The third kappa shape index (κ3) is 3.63. The first-order valence-electron chi connectivity index (χ1n) is 7.48. The Morgan fingerprint density at radius 2 is 1.61 bits per heavy atom. The number of aryl methyl sites for hydroxylation is 3. The molecule has 0 atom stereocenters. The summed E-state index contributed by atoms with van der Waals surface area (Å²) in [5, 5.41) is 14.6. The molecule has 0 radical (unpaired) electrons. The van der Waals surface area contributed by atoms with E-state index in [1.807, 2.05) is 31.2 Å². The lowest BCUT2D eigenvalue weighted by Crippen LogP contribution is -2.03. The standard InChI is InChI=1S/C18H19N5/c1-12-8-9-14(3)16(10-12)20-17-11-19-23-18(22-17)21-15-7-5-4-6-13(15)2/h4-11H,1-3H3,(H2,20,21,22,23). The van der Waals surface area contributed by atoms with Crippen LogP contribution in [0, 0.1) is 20.8 Å². The van der Waals surface area contributed by atoms with Crippen molar-refractivity contribution in [3.8, 4) is 0 Å². The van der Waals surface area contributed by atoms with Gasteiger partial charge in [-0.15, -0.1) is 5.10 Å². The van der Waals surface area contributed by atoms with E-state index in [0.29, 0.717) is 11.8 Å². The first-order chi connectivity index (χ1) is 11.1. The van der Waals surface area contributed by atoms with E-state index < -0.39 is 0 Å². The average molecular weight is 305 g/mol. The smallest absolute Gasteiger partial charge is 0.249 e. The van der Waals surface area contributed by atoms with E-state index in [2.05, 4.69) is 57.9 Å². The minimum absolute atomic E-state index is 0.467. The lowest BCUT2D eigenvalue weighted by Gasteiger charge is -2.11. The lowest BCUT2D eigenvalue weighted by atomic mass is 10.1. The number of nitrogens with one attached hydrogen (secondary N) is 2. The van der Waals surface area contributed by atoms with Gasteiger partial charge < -0.3 is 10.6 Å². The maximum Gasteiger partial charge on any atom is 0.249 e. The summed E-state index contributed by atoms with van der Waals surface area (Å²) >= 11 is 0. The van der Waals surface area contributed by atoms with Crippen LogP contribution in [0.2, 0.25) is 0 Å². The molecule has 2 aromatic carbocycles. The van der Waals surface area contributed by atoms with Gasteiger partial charge in [0.05, 0.1) is 6.20 Å². The van der Waals surface area contributed by atoms with Gasteiger partial charge in [0.25, 0.3) is 0 Å². The minimum atomic E-state index is 0.467. The normalized spacial score (nSPS) is 10.4. The molecule has 5 heteroatoms. The van der Waals surface area contributed by atoms with Gasteiger partial charge in [-0.2, -0.15) is 10.1 Å². The Labute approximate surface area is 135 Å². The molecule has 0 spiro atoms. The molecule has 3 rings (SSSR count). The second-order valence-electron chi connectivity index (χ2n) is 5.55. The minimum Gasteiger partial charge on any atom is -0.339 e. The molecule has 1 heterocycles. The topological polar surface area (TPSA) is 62.7 Å². The summed E-state index contributed by atoms with van der Waals surface area (Å²) in [4.78, 5) is 4.48. The van der Waals surface area contributed by atoms with Gasteiger partial charge in [0.2, 0.25) is 5.95 Å². The van der Waals surface area contributed by atoms with Crippen LogP contribution in [0.15, 0.2) is 48.7 Å². The molecule has 2 N–H and O–H groups in total. The van der Waals surface area contributed by atoms with Gasteiger partial charge in [-0.3, -0.25) is 0 Å². The number of aromatic nitrogens is 3. The van der Waals surface area contributed by atoms with E-state index in [0.717, 1.165) is 22.5 Å². The molecule has 0 aliphatic carbocycles. The highest BCUT2D eigenvalue weighted by Gasteiger charge is 2.05. The van der Waals surface area contributed by atoms with Crippen LogP contribution in [0.4, 0.5) is 23.1 Å². The number of rotatable bonds is 4. The maximum atomic E-state index is 4.48. The lowest BCUT2D eigenvalue weighted by molar-refractivity contribution is 0.981. The molecule has 23 heavy (non-hydrogen) atoms. The van der Waals surface area contributed by atoms with Gasteiger partial charge in [-0.25, -0.2) is 0 Å². The zero-order valence-electron chi connectivity index (χ0n) is 13.5. The van der Waals surface area contributed by atoms with Gasteiger partial charge >= 0.3 is 0 Å². The molecule has 116 valence electrons. The van der Waals surface area contributed by atoms with Gasteiger partial charge in [0.1, 0.15) is 0 Å². The van der Waals surface area contributed by atoms with Crippen LogP contribution in [0.25, 0.3) is 0 Å². The molecule has 0 saturated heterocycles. The molecular weight excluding hydrogens is 286 g/mol. The van der Waals surface area contributed by atoms with E-state index in [-0.39, 0.29) is 0 Å². The third-order valence-electron chi connectivity index (χ3n) is 3.61. The molecule has 0 fully saturated rings. The molecular formula is C18H19N5. The molecule has 0 unspecified atom stereocenters. The maximum absolute atomic E-state index is 4.48. The fraction of sp³-hybridized carbons (Fsp3) is 0.167. The number of hydrogen-bond acceptors (Lipinski definition) is 5. The Balaban J connectivity index is 1.83. The number of anilines is 4. The fourth-order valence-electron chi connectivity index (χ4n) is 2.26. The summed E-state index contributed by atoms with van der Waals surface area (Å²) in [7, 11) is 0. The van der Waals surface area contributed by atoms with Crippen LogP contribution in [-0.2, 0) is 0 Å². The summed E-state index contributed by atoms with van der Waals surface area (Å²) in [6, 6.07) is 14.3. The summed E-state index contributed by atoms with van der Waals surface area (Å²) in [5.41, 5.74) is 5.47. The van der Waals surface area contributed by atoms with Crippen molar-refractivity contribution < 1.29 is 0 Å². The second-order valence-corrected chi connectivity index (χ2v) is 5.55. The van der Waals surface area contributed by atoms with E-state index >= 15 is 0 Å². The van der Waals surface area contributed by atoms with Crippen LogP contribution in [0.3, 0.4) is 0 Å². The van der Waals surface area contributed by atoms with Crippen molar-refractivity contribution in [2.24, 2.45) is 0 Å². The average Bonchev–Trinajstić information content (AvgIpc) is 2.54. The zero-order chi connectivity index (χ0) is 16.2. The predicted octanol–water partition coefficient (Wildman–Crippen LogP) is 4.28. The Morgan fingerprint density at radius 3 is 2.43 bits per heavy atom. The highest BCUT2D eigenvalue weighted by Crippen LogP contribution is 2.22. The van der Waals surface area contributed by atoms with Gasteiger partial charge in [-0.05, 0) is 49.6 Å². The molecule has 0 saturated carbocycles. The summed E-state index contributed by atoms with van der Waals surface area (Å²) < 4.78 is 0. The fourth-order valence-corrected chi connectivity index (χ4v) is 2.26. The summed E-state index contributed by atoms with van der Waals surface area (Å²) in [5.74, 6) is 1.12. The molecule has 5 nitrogen and oxygen atoms in total. The van der Waals surface area contributed by atoms with Crippen molar-refractivity contribution in [1.82, 2.24) is 15.2 Å². The monoisotopic (exact) mass is 305 g/mol. The second kappa shape index (κ2) is 6.44. The number of nitrogens with zero attached hydrogens (tertiary/aromatic N) is 3. The molecule has 1 aromatic heterocycles. The largest absolute Gasteiger partial charge is 0.339 e. The van der Waals surface area contributed by atoms with Crippen LogP contribution >= 0.6 is 0 Å². The zero-order valence-corrected chi connectivity index (χ0v) is 13.5. The van der Waals surface area contributed by atoms with Crippen molar-refractivity contribution in [1.29, 1.82) is 0 Å². The number of para-hydroxylation sites is 1. The Bertz CT molecular complexity index is 829. The van der Waals surface area contributed by atoms with Crippen LogP contribution in [0.1, 0.15) is 16.7 Å². The van der Waals surface area contributed by atoms with Crippen molar-refractivity contribution in [2.45, 2.75) is 20.8 Å². The van der Waals surface area contributed by atoms with Crippen molar-refractivity contribution in [3.63, 3.8) is 0 Å². The van der Waals surface area contributed by atoms with Gasteiger partial charge in [-0.1, -0.05) is 30.3 Å². The van der Waals surface area contributed by atoms with Crippen LogP contribution in [0.5, 0.6) is 0 Å². The predicted molar refractivity (Wildman–Crippen MR) is 93.5 cm³/mol. The molecule has 3 aromatic rings. The third-order valence-corrected chi connectivity index (χ3v) is 3.61. The Kier molecular flexibility index (Phi) is 4.19. The summed E-state index contributed by atoms with van der Waals surface area (Å²) in [6.07, 6.45) is 1.62. The molecule has 0 amide bonds. The highest BCUT2D eigenvalue weighted by atomic mass is 15.3. The van der Waals surface area contributed by atoms with Crippen molar-refractivity contribution in [3.05, 3.63) is 65.4 Å². The van der Waals surface area contributed by atoms with Gasteiger partial charge in [0.15, 0.2) is 5.82 Å². The van der Waals surface area contributed by atoms with Gasteiger partial charge in [0, 0.05) is 11.4 Å². The van der Waals surface area contributed by atoms with Crippen molar-refractivity contribution in [2.75, 3.05) is 10.6 Å². The first-order valence-corrected chi connectivity index (χ1v) is 7.48. The highest BCUT2D eigenvalue weighted by molar-refractivity contribution is 5.63. The summed E-state index contributed by atoms with van der Waals surface area (Å²) in [6.45, 7) is 6.16. The quantitative estimate of drug-likeness (QED) is 0.753. The first kappa shape index (κ1) is 15.0. The van der Waals surface area contributed by atoms with E-state index in [4.69, 9.17) is 0 Å². The Hall–Kier alpha value is -2.95.